The lowest BCUT2D eigenvalue weighted by Crippen LogP contribution is -2.13. The second-order valence-corrected chi connectivity index (χ2v) is 9.27. The zero-order valence-corrected chi connectivity index (χ0v) is 18.3. The van der Waals surface area contributed by atoms with Crippen LogP contribution in [0.1, 0.15) is 37.5 Å². The summed E-state index contributed by atoms with van der Waals surface area (Å²) in [6.45, 7) is 6.52. The van der Waals surface area contributed by atoms with Gasteiger partial charge in [-0.15, -0.1) is 0 Å². The molecule has 0 amide bonds. The van der Waals surface area contributed by atoms with Crippen LogP contribution in [0.25, 0.3) is 22.3 Å². The van der Waals surface area contributed by atoms with Gasteiger partial charge < -0.3 is 10.5 Å². The van der Waals surface area contributed by atoms with Crippen molar-refractivity contribution >= 4 is 5.69 Å². The Labute approximate surface area is 184 Å². The number of ether oxygens (including phenoxy) is 1. The zero-order valence-electron chi connectivity index (χ0n) is 18.3. The minimum absolute atomic E-state index is 0.0513. The minimum atomic E-state index is -0.0513. The third-order valence-corrected chi connectivity index (χ3v) is 6.09. The average molecular weight is 406 g/mol. The number of para-hydroxylation sites is 1. The maximum absolute atomic E-state index is 6.28. The van der Waals surface area contributed by atoms with Crippen molar-refractivity contribution in [3.63, 3.8) is 0 Å². The fourth-order valence-corrected chi connectivity index (χ4v) is 4.51. The number of fused-ring (bicyclic) bond motifs is 3. The highest BCUT2D eigenvalue weighted by atomic mass is 16.5. The topological polar surface area (TPSA) is 35.2 Å². The fourth-order valence-electron chi connectivity index (χ4n) is 4.51. The van der Waals surface area contributed by atoms with Gasteiger partial charge in [-0.05, 0) is 63.4 Å². The van der Waals surface area contributed by atoms with E-state index in [1.807, 2.05) is 24.3 Å². The summed E-state index contributed by atoms with van der Waals surface area (Å²) in [6.07, 6.45) is 0.982. The van der Waals surface area contributed by atoms with E-state index in [2.05, 4.69) is 81.4 Å². The van der Waals surface area contributed by atoms with E-state index in [1.165, 1.54) is 33.4 Å². The number of anilines is 1. The summed E-state index contributed by atoms with van der Waals surface area (Å²) < 4.78 is 6.28. The molecule has 2 nitrogen and oxygen atoms in total. The molecule has 0 atom stereocenters. The van der Waals surface area contributed by atoms with E-state index in [4.69, 9.17) is 10.5 Å². The molecule has 0 spiro atoms. The Hall–Kier alpha value is -3.52. The van der Waals surface area contributed by atoms with Crippen LogP contribution in [0.5, 0.6) is 11.5 Å². The first-order chi connectivity index (χ1) is 14.9. The van der Waals surface area contributed by atoms with Crippen molar-refractivity contribution in [3.8, 4) is 33.8 Å². The number of nitrogens with two attached hydrogens (primary N) is 1. The Bertz CT molecular complexity index is 1260. The molecule has 0 unspecified atom stereocenters. The Morgan fingerprint density at radius 1 is 0.710 bits per heavy atom. The molecule has 2 N–H and O–H groups in total. The summed E-state index contributed by atoms with van der Waals surface area (Å²) in [5, 5.41) is 0. The predicted molar refractivity (Wildman–Crippen MR) is 130 cm³/mol. The average Bonchev–Trinajstić information content (AvgIpc) is 3.14. The largest absolute Gasteiger partial charge is 0.455 e. The van der Waals surface area contributed by atoms with E-state index in [0.29, 0.717) is 5.69 Å². The van der Waals surface area contributed by atoms with Gasteiger partial charge in [0.15, 0.2) is 5.75 Å². The first-order valence-electron chi connectivity index (χ1n) is 10.8. The summed E-state index contributed by atoms with van der Waals surface area (Å²) in [5.41, 5.74) is 16.0. The van der Waals surface area contributed by atoms with Gasteiger partial charge in [0.1, 0.15) is 5.75 Å². The molecule has 2 heteroatoms. The Balaban J connectivity index is 1.47. The van der Waals surface area contributed by atoms with Crippen LogP contribution in [0.2, 0.25) is 0 Å². The number of benzene rings is 4. The van der Waals surface area contributed by atoms with E-state index in [0.717, 1.165) is 23.5 Å². The molecule has 154 valence electrons. The van der Waals surface area contributed by atoms with Crippen molar-refractivity contribution in [1.29, 1.82) is 0 Å². The lowest BCUT2D eigenvalue weighted by Gasteiger charge is -2.23. The second kappa shape index (κ2) is 7.31. The SMILES string of the molecule is CC(C)(C)c1cccc(N)c1Oc1ccc(-c2cccc3c2Cc2ccccc2-3)cc1. The summed E-state index contributed by atoms with van der Waals surface area (Å²) >= 11 is 0. The molecule has 0 aromatic heterocycles. The van der Waals surface area contributed by atoms with Crippen LogP contribution in [0.3, 0.4) is 0 Å². The number of hydrogen-bond acceptors (Lipinski definition) is 2. The van der Waals surface area contributed by atoms with Crippen molar-refractivity contribution in [3.05, 3.63) is 102 Å². The smallest absolute Gasteiger partial charge is 0.154 e. The quantitative estimate of drug-likeness (QED) is 0.314. The Morgan fingerprint density at radius 3 is 2.16 bits per heavy atom. The molecule has 0 heterocycles. The first kappa shape index (κ1) is 19.4. The normalized spacial score (nSPS) is 12.4. The van der Waals surface area contributed by atoms with Crippen molar-refractivity contribution in [2.45, 2.75) is 32.6 Å². The molecule has 1 aliphatic carbocycles. The van der Waals surface area contributed by atoms with Gasteiger partial charge in [-0.3, -0.25) is 0 Å². The third kappa shape index (κ3) is 3.48. The standard InChI is InChI=1S/C29H27NO/c1-29(2,3)26-12-7-13-27(30)28(26)31-21-16-14-19(15-17-21)22-10-6-11-24-23-9-5-4-8-20(23)18-25(22)24/h4-17H,18,30H2,1-3H3. The van der Waals surface area contributed by atoms with Crippen LogP contribution >= 0.6 is 0 Å². The molecule has 0 aliphatic heterocycles. The maximum Gasteiger partial charge on any atom is 0.154 e. The third-order valence-electron chi connectivity index (χ3n) is 6.09. The molecule has 4 aromatic rings. The van der Waals surface area contributed by atoms with Crippen LogP contribution in [0.15, 0.2) is 84.9 Å². The number of rotatable bonds is 3. The highest BCUT2D eigenvalue weighted by molar-refractivity contribution is 5.84. The Kier molecular flexibility index (Phi) is 4.59. The molecule has 1 aliphatic rings. The molecule has 0 saturated carbocycles. The molecular formula is C29H27NO. The highest BCUT2D eigenvalue weighted by Crippen LogP contribution is 2.42. The van der Waals surface area contributed by atoms with Gasteiger partial charge in [0.05, 0.1) is 5.69 Å². The second-order valence-electron chi connectivity index (χ2n) is 9.27. The van der Waals surface area contributed by atoms with Crippen molar-refractivity contribution in [1.82, 2.24) is 0 Å². The van der Waals surface area contributed by atoms with E-state index in [-0.39, 0.29) is 5.41 Å². The summed E-state index contributed by atoms with van der Waals surface area (Å²) in [7, 11) is 0. The van der Waals surface area contributed by atoms with E-state index in [9.17, 15) is 0 Å². The molecule has 0 saturated heterocycles. The van der Waals surface area contributed by atoms with Crippen LogP contribution in [-0.4, -0.2) is 0 Å². The highest BCUT2D eigenvalue weighted by Gasteiger charge is 2.22. The molecule has 31 heavy (non-hydrogen) atoms. The first-order valence-corrected chi connectivity index (χ1v) is 10.8. The van der Waals surface area contributed by atoms with Gasteiger partial charge in [0.2, 0.25) is 0 Å². The van der Waals surface area contributed by atoms with Gasteiger partial charge in [0.25, 0.3) is 0 Å². The molecule has 0 radical (unpaired) electrons. The van der Waals surface area contributed by atoms with E-state index in [1.54, 1.807) is 0 Å². The van der Waals surface area contributed by atoms with Gasteiger partial charge in [-0.25, -0.2) is 0 Å². The number of nitrogen functional groups attached to an aromatic ring is 1. The van der Waals surface area contributed by atoms with Crippen molar-refractivity contribution in [2.24, 2.45) is 0 Å². The minimum Gasteiger partial charge on any atom is -0.455 e. The maximum atomic E-state index is 6.28. The predicted octanol–water partition coefficient (Wildman–Crippen LogP) is 7.60. The van der Waals surface area contributed by atoms with E-state index >= 15 is 0 Å². The van der Waals surface area contributed by atoms with Gasteiger partial charge in [-0.2, -0.15) is 0 Å². The summed E-state index contributed by atoms with van der Waals surface area (Å²) in [6, 6.07) is 29.6. The molecule has 0 bridgehead atoms. The van der Waals surface area contributed by atoms with Gasteiger partial charge >= 0.3 is 0 Å². The van der Waals surface area contributed by atoms with Gasteiger partial charge in [0, 0.05) is 5.56 Å². The van der Waals surface area contributed by atoms with Crippen LogP contribution < -0.4 is 10.5 Å². The fraction of sp³-hybridized carbons (Fsp3) is 0.172. The van der Waals surface area contributed by atoms with Crippen LogP contribution in [0, 0.1) is 0 Å². The van der Waals surface area contributed by atoms with Crippen LogP contribution in [0.4, 0.5) is 5.69 Å². The lowest BCUT2D eigenvalue weighted by atomic mass is 9.86. The molecule has 4 aromatic carbocycles. The monoisotopic (exact) mass is 405 g/mol. The zero-order chi connectivity index (χ0) is 21.6. The Morgan fingerprint density at radius 2 is 1.39 bits per heavy atom. The van der Waals surface area contributed by atoms with Crippen LogP contribution in [-0.2, 0) is 11.8 Å². The van der Waals surface area contributed by atoms with Crippen molar-refractivity contribution < 1.29 is 4.74 Å². The summed E-state index contributed by atoms with van der Waals surface area (Å²) in [4.78, 5) is 0. The van der Waals surface area contributed by atoms with Crippen molar-refractivity contribution in [2.75, 3.05) is 5.73 Å². The van der Waals surface area contributed by atoms with E-state index < -0.39 is 0 Å². The summed E-state index contributed by atoms with van der Waals surface area (Å²) in [5.74, 6) is 1.54. The molecule has 5 rings (SSSR count). The molecular weight excluding hydrogens is 378 g/mol. The molecule has 0 fully saturated rings. The lowest BCUT2D eigenvalue weighted by molar-refractivity contribution is 0.458. The number of hydrogen-bond donors (Lipinski definition) is 1. The van der Waals surface area contributed by atoms with Gasteiger partial charge in [-0.1, -0.05) is 87.5 Å².